The molecule has 4 rings (SSSR count). The quantitative estimate of drug-likeness (QED) is 0.558. The van der Waals surface area contributed by atoms with Crippen LogP contribution in [0.3, 0.4) is 0 Å². The van der Waals surface area contributed by atoms with E-state index in [9.17, 15) is 24.9 Å². The fraction of sp³-hybridized carbons (Fsp3) is 0.760. The summed E-state index contributed by atoms with van der Waals surface area (Å²) in [5, 5.41) is 31.8. The molecule has 8 atom stereocenters. The molecule has 0 aromatic heterocycles. The summed E-state index contributed by atoms with van der Waals surface area (Å²) in [7, 11) is 0. The van der Waals surface area contributed by atoms with Crippen molar-refractivity contribution in [2.75, 3.05) is 6.61 Å². The molecule has 31 heavy (non-hydrogen) atoms. The molecule has 1 unspecified atom stereocenters. The Kier molecular flexibility index (Phi) is 5.83. The monoisotopic (exact) mass is 432 g/mol. The van der Waals surface area contributed by atoms with E-state index in [-0.39, 0.29) is 29.0 Å². The first-order chi connectivity index (χ1) is 14.6. The maximum atomic E-state index is 13.1. The molecule has 0 heterocycles. The summed E-state index contributed by atoms with van der Waals surface area (Å²) in [5.74, 6) is -0.115. The SMILES string of the molecule is CCCC(O)O[C@@]1(C(=O)CO)CC[C@H]2[C@@H]3CCC4=CC(=O)C=C[C@]4(C)[C@H]3[C@@H](O)C[C@@]21C. The third-order valence-electron chi connectivity index (χ3n) is 9.08. The molecule has 4 aliphatic rings. The molecule has 3 N–H and O–H groups in total. The van der Waals surface area contributed by atoms with E-state index in [0.29, 0.717) is 19.3 Å². The van der Waals surface area contributed by atoms with Crippen LogP contribution in [0.25, 0.3) is 0 Å². The van der Waals surface area contributed by atoms with Crippen LogP contribution >= 0.6 is 0 Å². The van der Waals surface area contributed by atoms with Gasteiger partial charge in [-0.25, -0.2) is 0 Å². The summed E-state index contributed by atoms with van der Waals surface area (Å²) in [6.07, 6.45) is 7.93. The van der Waals surface area contributed by atoms with Crippen LogP contribution in [0.5, 0.6) is 0 Å². The Labute approximate surface area is 184 Å². The molecule has 0 amide bonds. The molecule has 6 nitrogen and oxygen atoms in total. The molecule has 6 heteroatoms. The van der Waals surface area contributed by atoms with Crippen molar-refractivity contribution < 1.29 is 29.6 Å². The standard InChI is InChI=1S/C25H36O6/c1-4-5-21(30)31-25(20(29)14-26)11-9-18-17-7-6-15-12-16(27)8-10-23(15,2)22(17)19(28)13-24(18,25)3/h8,10,12,17-19,21-22,26,28,30H,4-7,9,11,13-14H2,1-3H3/t17-,18-,19-,21?,22+,23-,24-,25+/m0/s1. The number of rotatable bonds is 6. The molecule has 172 valence electrons. The minimum absolute atomic E-state index is 0.00722. The van der Waals surface area contributed by atoms with Gasteiger partial charge in [-0.15, -0.1) is 0 Å². The third kappa shape index (κ3) is 3.21. The van der Waals surface area contributed by atoms with Crippen molar-refractivity contribution in [3.8, 4) is 0 Å². The van der Waals surface area contributed by atoms with Crippen LogP contribution < -0.4 is 0 Å². The molecule has 3 saturated carbocycles. The highest BCUT2D eigenvalue weighted by atomic mass is 16.6. The largest absolute Gasteiger partial charge is 0.393 e. The van der Waals surface area contributed by atoms with Crippen molar-refractivity contribution in [2.24, 2.45) is 28.6 Å². The van der Waals surface area contributed by atoms with Crippen molar-refractivity contribution in [1.29, 1.82) is 0 Å². The molecular formula is C25H36O6. The van der Waals surface area contributed by atoms with Gasteiger partial charge in [-0.2, -0.15) is 0 Å². The first-order valence-electron chi connectivity index (χ1n) is 11.8. The number of ketones is 2. The number of allylic oxidation sites excluding steroid dienone is 4. The molecule has 4 aliphatic carbocycles. The molecule has 0 aromatic rings. The summed E-state index contributed by atoms with van der Waals surface area (Å²) in [6, 6.07) is 0. The Bertz CT molecular complexity index is 817. The zero-order valence-electron chi connectivity index (χ0n) is 18.8. The Morgan fingerprint density at radius 3 is 2.74 bits per heavy atom. The third-order valence-corrected chi connectivity index (χ3v) is 9.08. The lowest BCUT2D eigenvalue weighted by atomic mass is 9.46. The molecule has 0 aliphatic heterocycles. The zero-order chi connectivity index (χ0) is 22.6. The van der Waals surface area contributed by atoms with Gasteiger partial charge >= 0.3 is 0 Å². The van der Waals surface area contributed by atoms with E-state index in [1.165, 1.54) is 0 Å². The average molecular weight is 433 g/mol. The van der Waals surface area contributed by atoms with Gasteiger partial charge in [0.2, 0.25) is 0 Å². The second-order valence-electron chi connectivity index (χ2n) is 10.5. The van der Waals surface area contributed by atoms with Crippen LogP contribution in [0.4, 0.5) is 0 Å². The van der Waals surface area contributed by atoms with Gasteiger partial charge in [0.15, 0.2) is 17.9 Å². The van der Waals surface area contributed by atoms with E-state index in [2.05, 4.69) is 6.92 Å². The van der Waals surface area contributed by atoms with E-state index in [4.69, 9.17) is 4.74 Å². The van der Waals surface area contributed by atoms with E-state index >= 15 is 0 Å². The highest BCUT2D eigenvalue weighted by molar-refractivity contribution is 6.01. The Hall–Kier alpha value is -1.34. The first-order valence-corrected chi connectivity index (χ1v) is 11.8. The lowest BCUT2D eigenvalue weighted by Gasteiger charge is -2.60. The second-order valence-corrected chi connectivity index (χ2v) is 10.5. The van der Waals surface area contributed by atoms with Gasteiger partial charge in [0.05, 0.1) is 6.10 Å². The number of carbonyl (C=O) groups is 2. The summed E-state index contributed by atoms with van der Waals surface area (Å²) < 4.78 is 6.10. The second kappa shape index (κ2) is 7.91. The molecule has 3 fully saturated rings. The van der Waals surface area contributed by atoms with E-state index in [0.717, 1.165) is 31.3 Å². The number of carbonyl (C=O) groups excluding carboxylic acids is 2. The van der Waals surface area contributed by atoms with Gasteiger partial charge in [0.1, 0.15) is 12.2 Å². The predicted octanol–water partition coefficient (Wildman–Crippen LogP) is 2.70. The van der Waals surface area contributed by atoms with Crippen molar-refractivity contribution in [3.63, 3.8) is 0 Å². The van der Waals surface area contributed by atoms with Crippen molar-refractivity contribution in [2.45, 2.75) is 83.7 Å². The van der Waals surface area contributed by atoms with Gasteiger partial charge in [-0.1, -0.05) is 38.8 Å². The summed E-state index contributed by atoms with van der Waals surface area (Å²) >= 11 is 0. The van der Waals surface area contributed by atoms with Crippen LogP contribution in [0.15, 0.2) is 23.8 Å². The van der Waals surface area contributed by atoms with E-state index in [1.807, 2.05) is 19.9 Å². The van der Waals surface area contributed by atoms with Crippen LogP contribution in [-0.4, -0.2) is 51.5 Å². The predicted molar refractivity (Wildman–Crippen MR) is 115 cm³/mol. The smallest absolute Gasteiger partial charge is 0.190 e. The van der Waals surface area contributed by atoms with Gasteiger partial charge in [0.25, 0.3) is 0 Å². The van der Waals surface area contributed by atoms with E-state index in [1.54, 1.807) is 12.2 Å². The number of aliphatic hydroxyl groups is 3. The summed E-state index contributed by atoms with van der Waals surface area (Å²) in [6.45, 7) is 5.43. The van der Waals surface area contributed by atoms with Crippen LogP contribution in [0, 0.1) is 28.6 Å². The van der Waals surface area contributed by atoms with Crippen LogP contribution in [0.1, 0.15) is 65.7 Å². The summed E-state index contributed by atoms with van der Waals surface area (Å²) in [4.78, 5) is 25.1. The van der Waals surface area contributed by atoms with Crippen molar-refractivity contribution >= 4 is 11.6 Å². The maximum Gasteiger partial charge on any atom is 0.190 e. The Balaban J connectivity index is 1.73. The lowest BCUT2D eigenvalue weighted by molar-refractivity contribution is -0.241. The summed E-state index contributed by atoms with van der Waals surface area (Å²) in [5.41, 5.74) is -1.24. The van der Waals surface area contributed by atoms with Crippen LogP contribution in [-0.2, 0) is 14.3 Å². The van der Waals surface area contributed by atoms with E-state index < -0.39 is 35.8 Å². The fourth-order valence-electron chi connectivity index (χ4n) is 7.70. The average Bonchev–Trinajstić information content (AvgIpc) is 3.00. The van der Waals surface area contributed by atoms with Crippen LogP contribution in [0.2, 0.25) is 0 Å². The molecular weight excluding hydrogens is 396 g/mol. The normalized spacial score (nSPS) is 44.8. The maximum absolute atomic E-state index is 13.1. The molecule has 0 spiro atoms. The first kappa shape index (κ1) is 22.8. The minimum Gasteiger partial charge on any atom is -0.393 e. The number of fused-ring (bicyclic) bond motifs is 5. The number of hydrogen-bond acceptors (Lipinski definition) is 6. The Morgan fingerprint density at radius 1 is 1.32 bits per heavy atom. The minimum atomic E-state index is -1.29. The number of hydrogen-bond donors (Lipinski definition) is 3. The van der Waals surface area contributed by atoms with Crippen molar-refractivity contribution in [1.82, 2.24) is 0 Å². The highest BCUT2D eigenvalue weighted by Crippen LogP contribution is 2.68. The number of Topliss-reactive ketones (excluding diaryl/α,β-unsaturated/α-hetero) is 1. The Morgan fingerprint density at radius 2 is 2.06 bits per heavy atom. The lowest BCUT2D eigenvalue weighted by Crippen LogP contribution is -2.63. The van der Waals surface area contributed by atoms with Crippen molar-refractivity contribution in [3.05, 3.63) is 23.8 Å². The van der Waals surface area contributed by atoms with Gasteiger partial charge in [0, 0.05) is 16.7 Å². The fourth-order valence-corrected chi connectivity index (χ4v) is 7.70. The topological polar surface area (TPSA) is 104 Å². The number of ether oxygens (including phenoxy) is 1. The zero-order valence-corrected chi connectivity index (χ0v) is 18.8. The molecule has 0 bridgehead atoms. The molecule has 0 saturated heterocycles. The van der Waals surface area contributed by atoms with Gasteiger partial charge in [-0.05, 0) is 62.5 Å². The highest BCUT2D eigenvalue weighted by Gasteiger charge is 2.69. The molecule has 0 radical (unpaired) electrons. The van der Waals surface area contributed by atoms with Gasteiger partial charge in [-0.3, -0.25) is 9.59 Å². The molecule has 0 aromatic carbocycles. The number of aliphatic hydroxyl groups excluding tert-OH is 3. The van der Waals surface area contributed by atoms with Gasteiger partial charge < -0.3 is 20.1 Å².